The lowest BCUT2D eigenvalue weighted by atomic mass is 9.95. The molecule has 1 unspecified atom stereocenters. The van der Waals surface area contributed by atoms with Gasteiger partial charge in [0.2, 0.25) is 5.91 Å². The van der Waals surface area contributed by atoms with Crippen LogP contribution in [0.1, 0.15) is 53.5 Å². The molecule has 30 heavy (non-hydrogen) atoms. The second kappa shape index (κ2) is 8.81. The molecule has 2 aliphatic rings. The number of nitrogens with zero attached hydrogens (tertiary/aromatic N) is 4. The fraction of sp³-hybridized carbons (Fsp3) is 0.545. The molecule has 1 N–H and O–H groups in total. The molecule has 7 nitrogen and oxygen atoms in total. The molecule has 2 aliphatic heterocycles. The van der Waals surface area contributed by atoms with Crippen LogP contribution in [-0.4, -0.2) is 62.5 Å². The van der Waals surface area contributed by atoms with Gasteiger partial charge >= 0.3 is 0 Å². The third-order valence-corrected chi connectivity index (χ3v) is 7.08. The maximum absolute atomic E-state index is 13.3. The van der Waals surface area contributed by atoms with Crippen LogP contribution >= 0.6 is 11.5 Å². The van der Waals surface area contributed by atoms with Gasteiger partial charge in [-0.15, -0.1) is 5.10 Å². The Kier molecular flexibility index (Phi) is 6.15. The van der Waals surface area contributed by atoms with Crippen LogP contribution in [0.2, 0.25) is 0 Å². The number of hydrogen-bond donors (Lipinski definition) is 1. The zero-order valence-electron chi connectivity index (χ0n) is 17.6. The summed E-state index contributed by atoms with van der Waals surface area (Å²) in [6, 6.07) is 9.96. The molecule has 0 radical (unpaired) electrons. The lowest BCUT2D eigenvalue weighted by Gasteiger charge is -2.44. The summed E-state index contributed by atoms with van der Waals surface area (Å²) in [5.41, 5.74) is 1.49. The number of aromatic nitrogens is 2. The molecule has 2 fully saturated rings. The SMILES string of the molecule is CCCCN1C(=O)C(Cc2ccccc2)NC12CCN(C(=O)c1snnc1C)CC2. The van der Waals surface area contributed by atoms with E-state index in [2.05, 4.69) is 38.9 Å². The minimum Gasteiger partial charge on any atom is -0.338 e. The molecule has 1 spiro atoms. The third-order valence-electron chi connectivity index (χ3n) is 6.27. The Hall–Kier alpha value is -2.32. The van der Waals surface area contributed by atoms with Crippen LogP contribution in [0, 0.1) is 6.92 Å². The summed E-state index contributed by atoms with van der Waals surface area (Å²) in [6.07, 6.45) is 4.21. The molecule has 2 aromatic rings. The van der Waals surface area contributed by atoms with Crippen molar-refractivity contribution in [3.63, 3.8) is 0 Å². The molecule has 4 rings (SSSR count). The molecule has 1 atom stereocenters. The maximum atomic E-state index is 13.3. The molecule has 2 saturated heterocycles. The van der Waals surface area contributed by atoms with E-state index >= 15 is 0 Å². The monoisotopic (exact) mass is 427 g/mol. The van der Waals surface area contributed by atoms with E-state index in [4.69, 9.17) is 0 Å². The van der Waals surface area contributed by atoms with E-state index in [0.29, 0.717) is 30.1 Å². The van der Waals surface area contributed by atoms with E-state index < -0.39 is 0 Å². The molecule has 0 saturated carbocycles. The number of benzene rings is 1. The van der Waals surface area contributed by atoms with Crippen molar-refractivity contribution in [2.24, 2.45) is 0 Å². The zero-order chi connectivity index (χ0) is 21.1. The smallest absolute Gasteiger partial charge is 0.267 e. The first kappa shape index (κ1) is 20.9. The van der Waals surface area contributed by atoms with Gasteiger partial charge in [-0.25, -0.2) is 0 Å². The van der Waals surface area contributed by atoms with Gasteiger partial charge in [-0.1, -0.05) is 48.2 Å². The largest absolute Gasteiger partial charge is 0.338 e. The van der Waals surface area contributed by atoms with Crippen LogP contribution in [0.3, 0.4) is 0 Å². The molecule has 8 heteroatoms. The van der Waals surface area contributed by atoms with E-state index in [1.54, 1.807) is 0 Å². The van der Waals surface area contributed by atoms with Gasteiger partial charge in [-0.2, -0.15) is 0 Å². The summed E-state index contributed by atoms with van der Waals surface area (Å²) in [4.78, 5) is 30.7. The van der Waals surface area contributed by atoms with Crippen LogP contribution < -0.4 is 5.32 Å². The third kappa shape index (κ3) is 3.98. The lowest BCUT2D eigenvalue weighted by Crippen LogP contribution is -2.59. The Morgan fingerprint density at radius 3 is 2.63 bits per heavy atom. The van der Waals surface area contributed by atoms with Crippen molar-refractivity contribution in [2.75, 3.05) is 19.6 Å². The predicted octanol–water partition coefficient (Wildman–Crippen LogP) is 2.62. The number of unbranched alkanes of at least 4 members (excludes halogenated alkanes) is 1. The van der Waals surface area contributed by atoms with Crippen molar-refractivity contribution >= 4 is 23.3 Å². The summed E-state index contributed by atoms with van der Waals surface area (Å²) in [7, 11) is 0. The Labute approximate surface area is 181 Å². The topological polar surface area (TPSA) is 78.4 Å². The van der Waals surface area contributed by atoms with Gasteiger partial charge in [0.15, 0.2) is 0 Å². The van der Waals surface area contributed by atoms with E-state index in [1.807, 2.05) is 30.0 Å². The number of carbonyl (C=O) groups excluding carboxylic acids is 2. The van der Waals surface area contributed by atoms with E-state index in [1.165, 1.54) is 0 Å². The summed E-state index contributed by atoms with van der Waals surface area (Å²) >= 11 is 1.16. The highest BCUT2D eigenvalue weighted by molar-refractivity contribution is 7.07. The van der Waals surface area contributed by atoms with Crippen LogP contribution in [0.15, 0.2) is 30.3 Å². The van der Waals surface area contributed by atoms with Gasteiger partial charge < -0.3 is 9.80 Å². The molecule has 3 heterocycles. The minimum absolute atomic E-state index is 0.00242. The van der Waals surface area contributed by atoms with Crippen LogP contribution in [0.5, 0.6) is 0 Å². The quantitative estimate of drug-likeness (QED) is 0.767. The number of rotatable bonds is 6. The molecule has 1 aromatic carbocycles. The highest BCUT2D eigenvalue weighted by Gasteiger charge is 2.51. The number of nitrogens with one attached hydrogen (secondary N) is 1. The number of piperidine rings is 1. The van der Waals surface area contributed by atoms with Crippen molar-refractivity contribution in [3.8, 4) is 0 Å². The fourth-order valence-corrected chi connectivity index (χ4v) is 5.18. The van der Waals surface area contributed by atoms with Crippen molar-refractivity contribution in [3.05, 3.63) is 46.5 Å². The lowest BCUT2D eigenvalue weighted by molar-refractivity contribution is -0.133. The summed E-state index contributed by atoms with van der Waals surface area (Å²) in [5.74, 6) is 0.192. The molecule has 0 aliphatic carbocycles. The van der Waals surface area contributed by atoms with Crippen LogP contribution in [0.4, 0.5) is 0 Å². The number of hydrogen-bond acceptors (Lipinski definition) is 6. The van der Waals surface area contributed by atoms with Gasteiger partial charge in [0.1, 0.15) is 4.88 Å². The average molecular weight is 428 g/mol. The molecule has 2 amide bonds. The summed E-state index contributed by atoms with van der Waals surface area (Å²) < 4.78 is 3.89. The standard InChI is InChI=1S/C22H29N5O2S/c1-3-4-12-27-20(28)18(15-17-8-6-5-7-9-17)23-22(27)10-13-26(14-11-22)21(29)19-16(2)24-25-30-19/h5-9,18,23H,3-4,10-15H2,1-2H3. The van der Waals surface area contributed by atoms with Crippen molar-refractivity contribution in [2.45, 2.75) is 57.7 Å². The fourth-order valence-electron chi connectivity index (χ4n) is 4.56. The summed E-state index contributed by atoms with van der Waals surface area (Å²) in [5, 5.41) is 7.65. The van der Waals surface area contributed by atoms with E-state index in [0.717, 1.165) is 49.3 Å². The van der Waals surface area contributed by atoms with Crippen molar-refractivity contribution in [1.29, 1.82) is 0 Å². The van der Waals surface area contributed by atoms with Gasteiger partial charge in [-0.3, -0.25) is 14.9 Å². The second-order valence-corrected chi connectivity index (χ2v) is 9.00. The van der Waals surface area contributed by atoms with Gasteiger partial charge in [0.05, 0.1) is 17.4 Å². The van der Waals surface area contributed by atoms with Gasteiger partial charge in [0.25, 0.3) is 5.91 Å². The Morgan fingerprint density at radius 2 is 2.00 bits per heavy atom. The molecule has 0 bridgehead atoms. The molecule has 1 aromatic heterocycles. The van der Waals surface area contributed by atoms with E-state index in [-0.39, 0.29) is 23.5 Å². The highest BCUT2D eigenvalue weighted by Crippen LogP contribution is 2.34. The first-order valence-corrected chi connectivity index (χ1v) is 11.5. The normalized spacial score (nSPS) is 20.9. The van der Waals surface area contributed by atoms with Crippen molar-refractivity contribution in [1.82, 2.24) is 24.7 Å². The zero-order valence-corrected chi connectivity index (χ0v) is 18.5. The van der Waals surface area contributed by atoms with Crippen LogP contribution in [0.25, 0.3) is 0 Å². The first-order valence-electron chi connectivity index (χ1n) is 10.8. The highest BCUT2D eigenvalue weighted by atomic mass is 32.1. The Balaban J connectivity index is 1.48. The van der Waals surface area contributed by atoms with Crippen molar-refractivity contribution < 1.29 is 9.59 Å². The molecular weight excluding hydrogens is 398 g/mol. The number of aryl methyl sites for hydroxylation is 1. The van der Waals surface area contributed by atoms with Gasteiger partial charge in [-0.05, 0) is 36.9 Å². The average Bonchev–Trinajstić information content (AvgIpc) is 3.29. The number of carbonyl (C=O) groups is 2. The first-order chi connectivity index (χ1) is 14.5. The van der Waals surface area contributed by atoms with E-state index in [9.17, 15) is 9.59 Å². The number of amides is 2. The van der Waals surface area contributed by atoms with Crippen LogP contribution in [-0.2, 0) is 11.2 Å². The van der Waals surface area contributed by atoms with Gasteiger partial charge in [0, 0.05) is 32.5 Å². The predicted molar refractivity (Wildman–Crippen MR) is 116 cm³/mol. The second-order valence-electron chi connectivity index (χ2n) is 8.24. The summed E-state index contributed by atoms with van der Waals surface area (Å²) in [6.45, 7) is 5.97. The maximum Gasteiger partial charge on any atom is 0.267 e. The minimum atomic E-state index is -0.358. The Bertz CT molecular complexity index is 892. The molecule has 160 valence electrons. The number of likely N-dealkylation sites (tertiary alicyclic amines) is 1. The Morgan fingerprint density at radius 1 is 1.27 bits per heavy atom. The molecular formula is C22H29N5O2S.